The van der Waals surface area contributed by atoms with Gasteiger partial charge < -0.3 is 15.1 Å². The Morgan fingerprint density at radius 2 is 1.79 bits per heavy atom. The van der Waals surface area contributed by atoms with Crippen LogP contribution in [0.4, 0.5) is 0 Å². The minimum Gasteiger partial charge on any atom is -0.451 e. The fraction of sp³-hybridized carbons (Fsp3) is 0.385. The second-order valence-corrected chi connectivity index (χ2v) is 9.84. The van der Waals surface area contributed by atoms with Crippen molar-refractivity contribution in [3.05, 3.63) is 69.9 Å². The standard InChI is InChI=1S/C26H28ClN3O3/c1-15-7-8-17(9-21(15)27)22(10-24(28)31)29-11-18-13-30(14-19(18)12-29)26(32)25-16(2)20-5-3-4-6-23(20)33-25/h3-9,18-19,22H,10-14H2,1-2H3,(H2,28,31). The minimum atomic E-state index is -0.328. The first-order valence-corrected chi connectivity index (χ1v) is 11.8. The molecule has 2 aliphatic heterocycles. The molecule has 0 spiro atoms. The third-order valence-corrected chi connectivity index (χ3v) is 7.66. The molecule has 2 N–H and O–H groups in total. The van der Waals surface area contributed by atoms with E-state index in [0.29, 0.717) is 35.7 Å². The number of hydrogen-bond donors (Lipinski definition) is 1. The van der Waals surface area contributed by atoms with E-state index in [2.05, 4.69) is 4.90 Å². The number of carbonyl (C=O) groups excluding carboxylic acids is 2. The number of hydrogen-bond acceptors (Lipinski definition) is 4. The van der Waals surface area contributed by atoms with Crippen molar-refractivity contribution in [3.8, 4) is 0 Å². The van der Waals surface area contributed by atoms with Crippen molar-refractivity contribution in [2.24, 2.45) is 17.6 Å². The molecule has 0 bridgehead atoms. The first-order chi connectivity index (χ1) is 15.8. The zero-order chi connectivity index (χ0) is 23.3. The van der Waals surface area contributed by atoms with E-state index >= 15 is 0 Å². The first-order valence-electron chi connectivity index (χ1n) is 11.4. The number of fused-ring (bicyclic) bond motifs is 2. The molecular formula is C26H28ClN3O3. The molecule has 0 radical (unpaired) electrons. The maximum atomic E-state index is 13.3. The van der Waals surface area contributed by atoms with Gasteiger partial charge in [-0.2, -0.15) is 0 Å². The summed E-state index contributed by atoms with van der Waals surface area (Å²) in [6, 6.07) is 13.6. The van der Waals surface area contributed by atoms with E-state index in [9.17, 15) is 9.59 Å². The quantitative estimate of drug-likeness (QED) is 0.608. The van der Waals surface area contributed by atoms with Crippen LogP contribution < -0.4 is 5.73 Å². The summed E-state index contributed by atoms with van der Waals surface area (Å²) in [7, 11) is 0. The molecule has 3 aromatic rings. The highest BCUT2D eigenvalue weighted by Gasteiger charge is 2.44. The maximum Gasteiger partial charge on any atom is 0.289 e. The molecule has 1 aromatic heterocycles. The summed E-state index contributed by atoms with van der Waals surface area (Å²) in [6.07, 6.45) is 0.250. The van der Waals surface area contributed by atoms with Gasteiger partial charge in [0.05, 0.1) is 0 Å². The number of nitrogens with zero attached hydrogens (tertiary/aromatic N) is 2. The van der Waals surface area contributed by atoms with Crippen LogP contribution >= 0.6 is 11.6 Å². The zero-order valence-electron chi connectivity index (χ0n) is 18.9. The average molecular weight is 466 g/mol. The van der Waals surface area contributed by atoms with Crippen LogP contribution in [0.25, 0.3) is 11.0 Å². The number of furan rings is 1. The molecule has 0 aliphatic carbocycles. The summed E-state index contributed by atoms with van der Waals surface area (Å²) in [6.45, 7) is 6.92. The van der Waals surface area contributed by atoms with Crippen LogP contribution in [0.3, 0.4) is 0 Å². The van der Waals surface area contributed by atoms with Gasteiger partial charge in [-0.15, -0.1) is 0 Å². The summed E-state index contributed by atoms with van der Waals surface area (Å²) < 4.78 is 5.91. The molecule has 2 aliphatic rings. The number of halogens is 1. The highest BCUT2D eigenvalue weighted by molar-refractivity contribution is 6.31. The Hall–Kier alpha value is -2.83. The largest absolute Gasteiger partial charge is 0.451 e. The molecule has 7 heteroatoms. The van der Waals surface area contributed by atoms with Gasteiger partial charge in [0.25, 0.3) is 5.91 Å². The van der Waals surface area contributed by atoms with Crippen LogP contribution in [0.1, 0.15) is 39.7 Å². The number of carbonyl (C=O) groups is 2. The Balaban J connectivity index is 1.31. The van der Waals surface area contributed by atoms with Crippen molar-refractivity contribution in [3.63, 3.8) is 0 Å². The summed E-state index contributed by atoms with van der Waals surface area (Å²) in [5, 5.41) is 1.68. The SMILES string of the molecule is Cc1ccc(C(CC(N)=O)N2CC3CN(C(=O)c4oc5ccccc5c4C)CC3C2)cc1Cl. The van der Waals surface area contributed by atoms with Gasteiger partial charge in [-0.05, 0) is 48.9 Å². The molecule has 3 heterocycles. The normalized spacial score (nSPS) is 21.5. The lowest BCUT2D eigenvalue weighted by atomic mass is 10.0. The number of aryl methyl sites for hydroxylation is 2. The summed E-state index contributed by atoms with van der Waals surface area (Å²) >= 11 is 6.36. The van der Waals surface area contributed by atoms with Crippen molar-refractivity contribution in [2.45, 2.75) is 26.3 Å². The third-order valence-electron chi connectivity index (χ3n) is 7.26. The van der Waals surface area contributed by atoms with Crippen molar-refractivity contribution >= 4 is 34.4 Å². The molecule has 0 saturated carbocycles. The van der Waals surface area contributed by atoms with Gasteiger partial charge in [-0.1, -0.05) is 41.9 Å². The molecular weight excluding hydrogens is 438 g/mol. The number of benzene rings is 2. The third kappa shape index (κ3) is 4.02. The topological polar surface area (TPSA) is 79.8 Å². The molecule has 2 amide bonds. The second-order valence-electron chi connectivity index (χ2n) is 9.43. The Kier molecular flexibility index (Phi) is 5.67. The van der Waals surface area contributed by atoms with Crippen LogP contribution in [-0.4, -0.2) is 47.8 Å². The molecule has 2 saturated heterocycles. The highest BCUT2D eigenvalue weighted by Crippen LogP contribution is 2.39. The van der Waals surface area contributed by atoms with Gasteiger partial charge in [0.1, 0.15) is 5.58 Å². The van der Waals surface area contributed by atoms with Gasteiger partial charge >= 0.3 is 0 Å². The van der Waals surface area contributed by atoms with E-state index < -0.39 is 0 Å². The van der Waals surface area contributed by atoms with Crippen molar-refractivity contribution < 1.29 is 14.0 Å². The molecule has 2 fully saturated rings. The molecule has 3 unspecified atom stereocenters. The van der Waals surface area contributed by atoms with Gasteiger partial charge in [-0.25, -0.2) is 0 Å². The van der Waals surface area contributed by atoms with Crippen molar-refractivity contribution in [2.75, 3.05) is 26.2 Å². The van der Waals surface area contributed by atoms with E-state index in [-0.39, 0.29) is 24.3 Å². The van der Waals surface area contributed by atoms with Gasteiger partial charge in [0.15, 0.2) is 5.76 Å². The zero-order valence-corrected chi connectivity index (χ0v) is 19.6. The number of para-hydroxylation sites is 1. The van der Waals surface area contributed by atoms with Crippen LogP contribution in [0.15, 0.2) is 46.9 Å². The lowest BCUT2D eigenvalue weighted by Crippen LogP contribution is -2.36. The van der Waals surface area contributed by atoms with E-state index in [1.165, 1.54) is 0 Å². The fourth-order valence-electron chi connectivity index (χ4n) is 5.44. The van der Waals surface area contributed by atoms with E-state index in [1.807, 2.05) is 61.2 Å². The van der Waals surface area contributed by atoms with E-state index in [4.69, 9.17) is 21.8 Å². The molecule has 5 rings (SSSR count). The minimum absolute atomic E-state index is 0.0383. The van der Waals surface area contributed by atoms with E-state index in [1.54, 1.807) is 0 Å². The lowest BCUT2D eigenvalue weighted by Gasteiger charge is -2.29. The average Bonchev–Trinajstić information content (AvgIpc) is 3.45. The molecule has 33 heavy (non-hydrogen) atoms. The predicted octanol–water partition coefficient (Wildman–Crippen LogP) is 4.32. The smallest absolute Gasteiger partial charge is 0.289 e. The Labute approximate surface area is 198 Å². The van der Waals surface area contributed by atoms with Gasteiger partial charge in [-0.3, -0.25) is 14.5 Å². The van der Waals surface area contributed by atoms with E-state index in [0.717, 1.165) is 40.7 Å². The summed E-state index contributed by atoms with van der Waals surface area (Å²) in [5.74, 6) is 0.786. The van der Waals surface area contributed by atoms with Crippen LogP contribution in [0.5, 0.6) is 0 Å². The molecule has 6 nitrogen and oxygen atoms in total. The highest BCUT2D eigenvalue weighted by atomic mass is 35.5. The number of primary amides is 1. The van der Waals surface area contributed by atoms with Crippen LogP contribution in [0.2, 0.25) is 5.02 Å². The number of amides is 2. The van der Waals surface area contributed by atoms with Crippen molar-refractivity contribution in [1.82, 2.24) is 9.80 Å². The summed E-state index contributed by atoms with van der Waals surface area (Å²) in [5.41, 5.74) is 9.25. The van der Waals surface area contributed by atoms with Crippen molar-refractivity contribution in [1.29, 1.82) is 0 Å². The fourth-order valence-corrected chi connectivity index (χ4v) is 5.63. The monoisotopic (exact) mass is 465 g/mol. The molecule has 172 valence electrons. The number of nitrogens with two attached hydrogens (primary N) is 1. The summed E-state index contributed by atoms with van der Waals surface area (Å²) in [4.78, 5) is 29.4. The van der Waals surface area contributed by atoms with Crippen LogP contribution in [0, 0.1) is 25.7 Å². The molecule has 2 aromatic carbocycles. The predicted molar refractivity (Wildman–Crippen MR) is 128 cm³/mol. The Morgan fingerprint density at radius 1 is 1.09 bits per heavy atom. The molecule has 3 atom stereocenters. The van der Waals surface area contributed by atoms with Gasteiger partial charge in [0, 0.05) is 54.6 Å². The van der Waals surface area contributed by atoms with Crippen LogP contribution in [-0.2, 0) is 4.79 Å². The number of likely N-dealkylation sites (tertiary alicyclic amines) is 2. The Bertz CT molecular complexity index is 1220. The maximum absolute atomic E-state index is 13.3. The lowest BCUT2D eigenvalue weighted by molar-refractivity contribution is -0.119. The van der Waals surface area contributed by atoms with Gasteiger partial charge in [0.2, 0.25) is 5.91 Å². The Morgan fingerprint density at radius 3 is 2.42 bits per heavy atom. The first kappa shape index (κ1) is 22.0. The number of rotatable bonds is 5. The second kappa shape index (κ2) is 8.50.